The van der Waals surface area contributed by atoms with Crippen LogP contribution in [0.5, 0.6) is 0 Å². The SMILES string of the molecule is CCCCCC=CCCCCCCCCC=O.CCCCCC=CCCCCCCCCC=O. The Morgan fingerprint density at radius 3 is 0.824 bits per heavy atom. The van der Waals surface area contributed by atoms with E-state index >= 15 is 0 Å². The second kappa shape index (κ2) is 36.4. The van der Waals surface area contributed by atoms with Crippen LogP contribution < -0.4 is 0 Å². The van der Waals surface area contributed by atoms with Crippen LogP contribution in [0.15, 0.2) is 24.3 Å². The van der Waals surface area contributed by atoms with E-state index in [2.05, 4.69) is 38.2 Å². The number of rotatable bonds is 26. The van der Waals surface area contributed by atoms with Crippen molar-refractivity contribution < 1.29 is 9.59 Å². The Bertz CT molecular complexity index is 385. The maximum Gasteiger partial charge on any atom is 0.119 e. The van der Waals surface area contributed by atoms with Gasteiger partial charge in [0.2, 0.25) is 0 Å². The Labute approximate surface area is 214 Å². The smallest absolute Gasteiger partial charge is 0.119 e. The van der Waals surface area contributed by atoms with E-state index in [4.69, 9.17) is 0 Å². The molecule has 0 spiro atoms. The standard InChI is InChI=1S/2C16H30O/c2*1-2-3-4-5-6-7-8-9-10-11-12-13-14-15-16-17/h2*6-7,16H,2-5,8-15H2,1H3. The lowest BCUT2D eigenvalue weighted by Crippen LogP contribution is -1.81. The average molecular weight is 477 g/mol. The fourth-order valence-electron chi connectivity index (χ4n) is 3.89. The summed E-state index contributed by atoms with van der Waals surface area (Å²) in [5.41, 5.74) is 0. The first-order valence-corrected chi connectivity index (χ1v) is 15.0. The molecule has 0 heterocycles. The predicted octanol–water partition coefficient (Wildman–Crippen LogP) is 10.9. The van der Waals surface area contributed by atoms with Crippen LogP contribution in [0.2, 0.25) is 0 Å². The van der Waals surface area contributed by atoms with Gasteiger partial charge in [-0.15, -0.1) is 0 Å². The van der Waals surface area contributed by atoms with Crippen molar-refractivity contribution in [2.75, 3.05) is 0 Å². The molecule has 0 atom stereocenters. The van der Waals surface area contributed by atoms with E-state index in [9.17, 15) is 9.59 Å². The van der Waals surface area contributed by atoms with Crippen molar-refractivity contribution in [2.24, 2.45) is 0 Å². The fraction of sp³-hybridized carbons (Fsp3) is 0.812. The van der Waals surface area contributed by atoms with Crippen LogP contribution in [0.25, 0.3) is 0 Å². The van der Waals surface area contributed by atoms with Crippen LogP contribution in [0.3, 0.4) is 0 Å². The lowest BCUT2D eigenvalue weighted by molar-refractivity contribution is -0.108. The molecule has 0 aliphatic heterocycles. The van der Waals surface area contributed by atoms with Crippen LogP contribution in [0.4, 0.5) is 0 Å². The molecular weight excluding hydrogens is 416 g/mol. The summed E-state index contributed by atoms with van der Waals surface area (Å²) in [5, 5.41) is 0. The molecule has 0 saturated carbocycles. The first kappa shape index (κ1) is 35.0. The van der Waals surface area contributed by atoms with Gasteiger partial charge >= 0.3 is 0 Å². The minimum Gasteiger partial charge on any atom is -0.303 e. The molecule has 2 heteroatoms. The first-order chi connectivity index (χ1) is 16.8. The summed E-state index contributed by atoms with van der Waals surface area (Å²) in [6.45, 7) is 4.50. The Hall–Kier alpha value is -1.18. The summed E-state index contributed by atoms with van der Waals surface area (Å²) in [4.78, 5) is 20.2. The average Bonchev–Trinajstić information content (AvgIpc) is 2.85. The van der Waals surface area contributed by atoms with Gasteiger partial charge < -0.3 is 9.59 Å². The molecule has 0 fully saturated rings. The zero-order chi connectivity index (χ0) is 25.2. The normalized spacial score (nSPS) is 11.1. The van der Waals surface area contributed by atoms with Crippen LogP contribution in [-0.4, -0.2) is 12.6 Å². The molecule has 34 heavy (non-hydrogen) atoms. The van der Waals surface area contributed by atoms with Crippen LogP contribution in [0, 0.1) is 0 Å². The largest absolute Gasteiger partial charge is 0.303 e. The van der Waals surface area contributed by atoms with Crippen LogP contribution >= 0.6 is 0 Å². The summed E-state index contributed by atoms with van der Waals surface area (Å²) in [7, 11) is 0. The number of hydrogen-bond donors (Lipinski definition) is 0. The van der Waals surface area contributed by atoms with Crippen molar-refractivity contribution in [3.8, 4) is 0 Å². The molecule has 0 aromatic heterocycles. The third-order valence-electron chi connectivity index (χ3n) is 6.17. The van der Waals surface area contributed by atoms with Gasteiger partial charge in [-0.2, -0.15) is 0 Å². The van der Waals surface area contributed by atoms with Crippen molar-refractivity contribution in [3.63, 3.8) is 0 Å². The summed E-state index contributed by atoms with van der Waals surface area (Å²) in [6.07, 6.45) is 41.3. The second-order valence-corrected chi connectivity index (χ2v) is 9.67. The summed E-state index contributed by atoms with van der Waals surface area (Å²) in [6, 6.07) is 0. The number of allylic oxidation sites excluding steroid dienone is 4. The monoisotopic (exact) mass is 476 g/mol. The molecule has 0 bridgehead atoms. The molecule has 200 valence electrons. The van der Waals surface area contributed by atoms with Crippen molar-refractivity contribution in [2.45, 2.75) is 168 Å². The highest BCUT2D eigenvalue weighted by molar-refractivity contribution is 5.49. The molecular formula is C32H60O2. The van der Waals surface area contributed by atoms with E-state index < -0.39 is 0 Å². The maximum absolute atomic E-state index is 10.1. The summed E-state index contributed by atoms with van der Waals surface area (Å²) in [5.74, 6) is 0. The van der Waals surface area contributed by atoms with E-state index in [0.717, 1.165) is 38.3 Å². The first-order valence-electron chi connectivity index (χ1n) is 15.0. The van der Waals surface area contributed by atoms with Gasteiger partial charge in [0.15, 0.2) is 0 Å². The van der Waals surface area contributed by atoms with E-state index in [1.165, 1.54) is 128 Å². The van der Waals surface area contributed by atoms with Gasteiger partial charge in [0, 0.05) is 12.8 Å². The highest BCUT2D eigenvalue weighted by Crippen LogP contribution is 2.10. The molecule has 0 aromatic carbocycles. The topological polar surface area (TPSA) is 34.1 Å². The van der Waals surface area contributed by atoms with Gasteiger partial charge in [-0.1, -0.05) is 115 Å². The minimum absolute atomic E-state index is 0.750. The maximum atomic E-state index is 10.1. The molecule has 0 aromatic rings. The summed E-state index contributed by atoms with van der Waals surface area (Å²) < 4.78 is 0. The van der Waals surface area contributed by atoms with Gasteiger partial charge in [0.1, 0.15) is 12.6 Å². The van der Waals surface area contributed by atoms with E-state index in [1.807, 2.05) is 0 Å². The number of carbonyl (C=O) groups is 2. The van der Waals surface area contributed by atoms with Crippen LogP contribution in [0.1, 0.15) is 168 Å². The molecule has 0 unspecified atom stereocenters. The van der Waals surface area contributed by atoms with Crippen LogP contribution in [-0.2, 0) is 9.59 Å². The molecule has 0 aliphatic carbocycles. The lowest BCUT2D eigenvalue weighted by atomic mass is 10.1. The van der Waals surface area contributed by atoms with Gasteiger partial charge in [0.25, 0.3) is 0 Å². The number of unbranched alkanes of at least 4 members (excludes halogenated alkanes) is 20. The molecule has 2 nitrogen and oxygen atoms in total. The van der Waals surface area contributed by atoms with Gasteiger partial charge in [0.05, 0.1) is 0 Å². The minimum atomic E-state index is 0.750. The number of aldehydes is 2. The molecule has 0 N–H and O–H groups in total. The highest BCUT2D eigenvalue weighted by Gasteiger charge is 1.91. The number of carbonyl (C=O) groups excluding carboxylic acids is 2. The van der Waals surface area contributed by atoms with E-state index in [-0.39, 0.29) is 0 Å². The van der Waals surface area contributed by atoms with E-state index in [1.54, 1.807) is 0 Å². The van der Waals surface area contributed by atoms with Gasteiger partial charge in [-0.05, 0) is 64.2 Å². The molecule has 0 rings (SSSR count). The Morgan fingerprint density at radius 1 is 0.324 bits per heavy atom. The number of hydrogen-bond acceptors (Lipinski definition) is 2. The highest BCUT2D eigenvalue weighted by atomic mass is 16.1. The van der Waals surface area contributed by atoms with Gasteiger partial charge in [-0.25, -0.2) is 0 Å². The quantitative estimate of drug-likeness (QED) is 0.0706. The zero-order valence-corrected chi connectivity index (χ0v) is 23.3. The third kappa shape index (κ3) is 38.1. The van der Waals surface area contributed by atoms with Crippen molar-refractivity contribution in [1.82, 2.24) is 0 Å². The lowest BCUT2D eigenvalue weighted by Gasteiger charge is -1.98. The Morgan fingerprint density at radius 2 is 0.559 bits per heavy atom. The second-order valence-electron chi connectivity index (χ2n) is 9.67. The van der Waals surface area contributed by atoms with Crippen molar-refractivity contribution in [1.29, 1.82) is 0 Å². The predicted molar refractivity (Wildman–Crippen MR) is 153 cm³/mol. The van der Waals surface area contributed by atoms with Gasteiger partial charge in [-0.3, -0.25) is 0 Å². The third-order valence-corrected chi connectivity index (χ3v) is 6.17. The summed E-state index contributed by atoms with van der Waals surface area (Å²) >= 11 is 0. The molecule has 0 radical (unpaired) electrons. The Kier molecular flexibility index (Phi) is 37.4. The fourth-order valence-corrected chi connectivity index (χ4v) is 3.89. The molecule has 0 saturated heterocycles. The van der Waals surface area contributed by atoms with Crippen molar-refractivity contribution in [3.05, 3.63) is 24.3 Å². The van der Waals surface area contributed by atoms with E-state index in [0.29, 0.717) is 0 Å². The Balaban J connectivity index is 0. The zero-order valence-electron chi connectivity index (χ0n) is 23.3. The van der Waals surface area contributed by atoms with Crippen molar-refractivity contribution >= 4 is 12.6 Å². The molecule has 0 aliphatic rings. The molecule has 0 amide bonds.